The number of esters is 1. The van der Waals surface area contributed by atoms with Crippen molar-refractivity contribution in [3.8, 4) is 5.75 Å². The molecule has 0 radical (unpaired) electrons. The quantitative estimate of drug-likeness (QED) is 0.284. The predicted octanol–water partition coefficient (Wildman–Crippen LogP) is 3.35. The van der Waals surface area contributed by atoms with Gasteiger partial charge >= 0.3 is 5.97 Å². The molecule has 0 aliphatic carbocycles. The largest absolute Gasteiger partial charge is 0.483 e. The average Bonchev–Trinajstić information content (AvgIpc) is 2.91. The monoisotopic (exact) mass is 528 g/mol. The maximum absolute atomic E-state index is 13.5. The SMILES string of the molecule is COC(=O)Cc1cn(CC(OC)OC)c(C(=O)NCc2cccc(Cl)c2)c(OCc2ccccc2)c1=O. The number of benzene rings is 2. The van der Waals surface area contributed by atoms with Crippen LogP contribution in [-0.2, 0) is 45.1 Å². The van der Waals surface area contributed by atoms with Gasteiger partial charge in [0.15, 0.2) is 17.7 Å². The predicted molar refractivity (Wildman–Crippen MR) is 138 cm³/mol. The summed E-state index contributed by atoms with van der Waals surface area (Å²) in [7, 11) is 4.15. The Morgan fingerprint density at radius 1 is 1.00 bits per heavy atom. The molecule has 3 rings (SSSR count). The minimum atomic E-state index is -0.741. The number of methoxy groups -OCH3 is 3. The van der Waals surface area contributed by atoms with Crippen molar-refractivity contribution < 1.29 is 28.5 Å². The minimum Gasteiger partial charge on any atom is -0.483 e. The van der Waals surface area contributed by atoms with E-state index in [4.69, 9.17) is 30.5 Å². The fourth-order valence-electron chi connectivity index (χ4n) is 3.61. The smallest absolute Gasteiger partial charge is 0.310 e. The molecule has 1 N–H and O–H groups in total. The molecule has 9 nitrogen and oxygen atoms in total. The Bertz CT molecular complexity index is 1270. The van der Waals surface area contributed by atoms with Gasteiger partial charge in [-0.3, -0.25) is 14.4 Å². The van der Waals surface area contributed by atoms with E-state index in [2.05, 4.69) is 5.32 Å². The van der Waals surface area contributed by atoms with Gasteiger partial charge in [-0.25, -0.2) is 0 Å². The first kappa shape index (κ1) is 27.9. The van der Waals surface area contributed by atoms with Crippen LogP contribution >= 0.6 is 11.6 Å². The highest BCUT2D eigenvalue weighted by Crippen LogP contribution is 2.20. The summed E-state index contributed by atoms with van der Waals surface area (Å²) in [5.74, 6) is -1.36. The maximum atomic E-state index is 13.5. The van der Waals surface area contributed by atoms with Gasteiger partial charge in [0.1, 0.15) is 6.61 Å². The van der Waals surface area contributed by atoms with Gasteiger partial charge in [0.25, 0.3) is 5.91 Å². The van der Waals surface area contributed by atoms with E-state index >= 15 is 0 Å². The number of halogens is 1. The van der Waals surface area contributed by atoms with Crippen molar-refractivity contribution in [2.24, 2.45) is 0 Å². The van der Waals surface area contributed by atoms with Crippen LogP contribution in [0.1, 0.15) is 27.2 Å². The molecule has 1 heterocycles. The molecular formula is C27H29ClN2O7. The molecule has 0 saturated carbocycles. The van der Waals surface area contributed by atoms with E-state index in [-0.39, 0.29) is 43.1 Å². The molecule has 0 aliphatic rings. The Hall–Kier alpha value is -3.66. The molecule has 2 aromatic carbocycles. The minimum absolute atomic E-state index is 0.0318. The number of nitrogens with zero attached hydrogens (tertiary/aromatic N) is 1. The van der Waals surface area contributed by atoms with Crippen LogP contribution in [0.2, 0.25) is 5.02 Å². The summed E-state index contributed by atoms with van der Waals surface area (Å²) in [4.78, 5) is 39.0. The summed E-state index contributed by atoms with van der Waals surface area (Å²) < 4.78 is 22.8. The standard InChI is InChI=1S/C27H29ClN2O7/c1-34-22(31)13-20-15-30(16-23(35-2)36-3)24(27(33)29-14-19-10-7-11-21(28)12-19)26(25(20)32)37-17-18-8-5-4-6-9-18/h4-12,15,23H,13-14,16-17H2,1-3H3,(H,29,33). The lowest BCUT2D eigenvalue weighted by Gasteiger charge is -2.22. The first-order valence-corrected chi connectivity index (χ1v) is 11.8. The Labute approximate surface area is 219 Å². The third-order valence-corrected chi connectivity index (χ3v) is 5.76. The summed E-state index contributed by atoms with van der Waals surface area (Å²) in [5.41, 5.74) is 1.05. The van der Waals surface area contributed by atoms with Gasteiger partial charge in [0.2, 0.25) is 5.43 Å². The van der Waals surface area contributed by atoms with Crippen LogP contribution in [0.25, 0.3) is 0 Å². The number of carbonyl (C=O) groups is 2. The molecule has 0 aliphatic heterocycles. The molecule has 0 fully saturated rings. The lowest BCUT2D eigenvalue weighted by molar-refractivity contribution is -0.139. The fourth-order valence-corrected chi connectivity index (χ4v) is 3.82. The van der Waals surface area contributed by atoms with E-state index in [1.54, 1.807) is 18.2 Å². The number of amides is 1. The number of nitrogens with one attached hydrogen (secondary N) is 1. The molecule has 0 saturated heterocycles. The van der Waals surface area contributed by atoms with Crippen LogP contribution in [0, 0.1) is 0 Å². The number of hydrogen-bond donors (Lipinski definition) is 1. The zero-order valence-electron chi connectivity index (χ0n) is 20.9. The number of aromatic nitrogens is 1. The van der Waals surface area contributed by atoms with Crippen LogP contribution in [0.3, 0.4) is 0 Å². The van der Waals surface area contributed by atoms with E-state index in [1.165, 1.54) is 32.1 Å². The first-order valence-electron chi connectivity index (χ1n) is 11.4. The number of pyridine rings is 1. The Balaban J connectivity index is 2.07. The van der Waals surface area contributed by atoms with Gasteiger partial charge in [-0.15, -0.1) is 0 Å². The average molecular weight is 529 g/mol. The molecule has 0 atom stereocenters. The molecule has 0 unspecified atom stereocenters. The summed E-state index contributed by atoms with van der Waals surface area (Å²) in [6, 6.07) is 16.3. The van der Waals surface area contributed by atoms with Crippen LogP contribution in [-0.4, -0.2) is 44.1 Å². The second kappa shape index (κ2) is 13.6. The molecule has 1 aromatic heterocycles. The lowest BCUT2D eigenvalue weighted by atomic mass is 10.1. The number of ether oxygens (including phenoxy) is 4. The molecule has 37 heavy (non-hydrogen) atoms. The van der Waals surface area contributed by atoms with Crippen molar-refractivity contribution in [3.63, 3.8) is 0 Å². The highest BCUT2D eigenvalue weighted by molar-refractivity contribution is 6.30. The lowest BCUT2D eigenvalue weighted by Crippen LogP contribution is -2.34. The third-order valence-electron chi connectivity index (χ3n) is 5.53. The molecule has 3 aromatic rings. The van der Waals surface area contributed by atoms with Crippen LogP contribution in [0.4, 0.5) is 0 Å². The number of carbonyl (C=O) groups excluding carboxylic acids is 2. The highest BCUT2D eigenvalue weighted by Gasteiger charge is 2.25. The van der Waals surface area contributed by atoms with E-state index < -0.39 is 23.6 Å². The summed E-state index contributed by atoms with van der Waals surface area (Å²) in [6.45, 7) is 0.237. The fraction of sp³-hybridized carbons (Fsp3) is 0.296. The van der Waals surface area contributed by atoms with Gasteiger partial charge in [-0.05, 0) is 23.3 Å². The number of rotatable bonds is 12. The summed E-state index contributed by atoms with van der Waals surface area (Å²) in [5, 5.41) is 3.35. The molecule has 0 spiro atoms. The van der Waals surface area contributed by atoms with E-state index in [0.717, 1.165) is 11.1 Å². The van der Waals surface area contributed by atoms with Crippen molar-refractivity contribution in [1.29, 1.82) is 0 Å². The number of hydrogen-bond acceptors (Lipinski definition) is 7. The van der Waals surface area contributed by atoms with Gasteiger partial charge in [0, 0.05) is 37.5 Å². The molecular weight excluding hydrogens is 500 g/mol. The van der Waals surface area contributed by atoms with Gasteiger partial charge in [-0.1, -0.05) is 54.1 Å². The summed E-state index contributed by atoms with van der Waals surface area (Å²) in [6.07, 6.45) is 0.384. The Kier molecular flexibility index (Phi) is 10.3. The molecule has 196 valence electrons. The Morgan fingerprint density at radius 3 is 2.35 bits per heavy atom. The molecule has 0 bridgehead atoms. The maximum Gasteiger partial charge on any atom is 0.310 e. The van der Waals surface area contributed by atoms with Crippen LogP contribution in [0.5, 0.6) is 5.75 Å². The third kappa shape index (κ3) is 7.66. The van der Waals surface area contributed by atoms with Gasteiger partial charge < -0.3 is 28.8 Å². The van der Waals surface area contributed by atoms with Crippen molar-refractivity contribution in [1.82, 2.24) is 9.88 Å². The van der Waals surface area contributed by atoms with Crippen molar-refractivity contribution in [3.05, 3.63) is 98.4 Å². The van der Waals surface area contributed by atoms with E-state index in [1.807, 2.05) is 36.4 Å². The summed E-state index contributed by atoms with van der Waals surface area (Å²) >= 11 is 6.06. The van der Waals surface area contributed by atoms with Gasteiger partial charge in [0.05, 0.1) is 20.1 Å². The van der Waals surface area contributed by atoms with Gasteiger partial charge in [-0.2, -0.15) is 0 Å². The Morgan fingerprint density at radius 2 is 1.70 bits per heavy atom. The zero-order chi connectivity index (χ0) is 26.8. The van der Waals surface area contributed by atoms with Crippen molar-refractivity contribution in [2.75, 3.05) is 21.3 Å². The highest BCUT2D eigenvalue weighted by atomic mass is 35.5. The van der Waals surface area contributed by atoms with E-state index in [0.29, 0.717) is 5.02 Å². The van der Waals surface area contributed by atoms with Crippen LogP contribution in [0.15, 0.2) is 65.6 Å². The first-order chi connectivity index (χ1) is 17.9. The topological polar surface area (TPSA) is 105 Å². The molecule has 10 heteroatoms. The van der Waals surface area contributed by atoms with Crippen molar-refractivity contribution >= 4 is 23.5 Å². The normalized spacial score (nSPS) is 10.8. The van der Waals surface area contributed by atoms with E-state index in [9.17, 15) is 14.4 Å². The second-order valence-electron chi connectivity index (χ2n) is 8.05. The molecule has 1 amide bonds. The van der Waals surface area contributed by atoms with Crippen molar-refractivity contribution in [2.45, 2.75) is 32.4 Å². The van der Waals surface area contributed by atoms with Crippen LogP contribution < -0.4 is 15.5 Å². The second-order valence-corrected chi connectivity index (χ2v) is 8.49. The zero-order valence-corrected chi connectivity index (χ0v) is 21.6.